The van der Waals surface area contributed by atoms with E-state index in [1.807, 2.05) is 32.9 Å². The van der Waals surface area contributed by atoms with E-state index >= 15 is 0 Å². The van der Waals surface area contributed by atoms with E-state index < -0.39 is 0 Å². The normalized spacial score (nSPS) is 8.64. The third-order valence-corrected chi connectivity index (χ3v) is 3.04. The second-order valence-corrected chi connectivity index (χ2v) is 6.11. The quantitative estimate of drug-likeness (QED) is 0.253. The van der Waals surface area contributed by atoms with Crippen LogP contribution in [-0.4, -0.2) is 15.5 Å². The van der Waals surface area contributed by atoms with Crippen LogP contribution in [0.5, 0.6) is 11.5 Å². The summed E-state index contributed by atoms with van der Waals surface area (Å²) in [7, 11) is 0. The van der Waals surface area contributed by atoms with Crippen molar-refractivity contribution in [2.75, 3.05) is 0 Å². The van der Waals surface area contributed by atoms with Gasteiger partial charge in [-0.05, 0) is 55.7 Å². The minimum Gasteiger partial charge on any atom is -0.504 e. The molecule has 0 aromatic heterocycles. The predicted octanol–water partition coefficient (Wildman–Crippen LogP) is 3.95. The Kier molecular flexibility index (Phi) is 9.22. The highest BCUT2D eigenvalue weighted by Gasteiger charge is 2.17. The first kappa shape index (κ1) is 20.2. The molecule has 1 aromatic rings. The van der Waals surface area contributed by atoms with Gasteiger partial charge in [0.2, 0.25) is 0 Å². The van der Waals surface area contributed by atoms with Crippen molar-refractivity contribution in [3.8, 4) is 46.1 Å². The molecule has 0 radical (unpaired) electrons. The van der Waals surface area contributed by atoms with E-state index in [4.69, 9.17) is 5.26 Å². The summed E-state index contributed by atoms with van der Waals surface area (Å²) in [4.78, 5) is 5.76. The summed E-state index contributed by atoms with van der Waals surface area (Å²) in [5.74, 6) is 8.98. The zero-order valence-corrected chi connectivity index (χ0v) is 15.3. The maximum Gasteiger partial charge on any atom is 0.171 e. The lowest BCUT2D eigenvalue weighted by Gasteiger charge is -2.19. The third kappa shape index (κ3) is 7.86. The molecule has 0 heterocycles. The monoisotopic (exact) mass is 428 g/mol. The van der Waals surface area contributed by atoms with Gasteiger partial charge in [0.25, 0.3) is 0 Å². The van der Waals surface area contributed by atoms with Gasteiger partial charge in [-0.2, -0.15) is 5.26 Å². The summed E-state index contributed by atoms with van der Waals surface area (Å²) in [5, 5.41) is 26.3. The van der Waals surface area contributed by atoms with Crippen LogP contribution in [0.25, 0.3) is 0 Å². The van der Waals surface area contributed by atoms with Gasteiger partial charge in [-0.15, -0.1) is 0 Å². The van der Waals surface area contributed by atoms with E-state index in [1.54, 1.807) is 6.07 Å². The minimum atomic E-state index is -0.104. The standard InChI is InChI=1S/C10H13BrO2.C6HBrO2/c1-10(2,3)6-4-7(11)9(13)8(12)5-6;7-5-3-1-2-4-6-9-8/h4-5,12-13H,1-3H3;8H. The zero-order chi connectivity index (χ0) is 17.2. The predicted molar refractivity (Wildman–Crippen MR) is 92.1 cm³/mol. The molecule has 1 rings (SSSR count). The Morgan fingerprint density at radius 3 is 2.09 bits per heavy atom. The van der Waals surface area contributed by atoms with Crippen molar-refractivity contribution >= 4 is 31.9 Å². The second-order valence-electron chi connectivity index (χ2n) is 4.86. The fourth-order valence-corrected chi connectivity index (χ4v) is 1.70. The Bertz CT molecular complexity index is 664. The number of halogens is 2. The molecule has 116 valence electrons. The van der Waals surface area contributed by atoms with Gasteiger partial charge in [0.1, 0.15) is 0 Å². The van der Waals surface area contributed by atoms with Crippen LogP contribution in [0.15, 0.2) is 16.6 Å². The summed E-state index contributed by atoms with van der Waals surface area (Å²) in [6.45, 7) is 6.14. The molecular formula is C16H14Br2O4. The molecule has 6 heteroatoms. The first-order valence-electron chi connectivity index (χ1n) is 5.87. The van der Waals surface area contributed by atoms with Gasteiger partial charge in [-0.25, -0.2) is 0 Å². The molecule has 0 aliphatic carbocycles. The first-order chi connectivity index (χ1) is 10.2. The molecule has 3 N–H and O–H groups in total. The summed E-state index contributed by atoms with van der Waals surface area (Å²) < 4.78 is 0.525. The van der Waals surface area contributed by atoms with E-state index in [-0.39, 0.29) is 16.9 Å². The highest BCUT2D eigenvalue weighted by Crippen LogP contribution is 2.37. The Balaban J connectivity index is 0.000000433. The number of hydrogen-bond acceptors (Lipinski definition) is 4. The number of hydrogen-bond donors (Lipinski definition) is 3. The summed E-state index contributed by atoms with van der Waals surface area (Å²) >= 11 is 6.01. The second kappa shape index (κ2) is 10.0. The molecule has 0 amide bonds. The van der Waals surface area contributed by atoms with Crippen molar-refractivity contribution in [3.05, 3.63) is 22.2 Å². The molecule has 0 saturated heterocycles. The van der Waals surface area contributed by atoms with Crippen LogP contribution >= 0.6 is 31.9 Å². The molecule has 0 bridgehead atoms. The van der Waals surface area contributed by atoms with Crippen molar-refractivity contribution in [1.29, 1.82) is 0 Å². The molecule has 0 spiro atoms. The molecular weight excluding hydrogens is 416 g/mol. The number of aromatic hydroxyl groups is 2. The third-order valence-electron chi connectivity index (χ3n) is 2.24. The number of phenols is 2. The number of phenolic OH excluding ortho intramolecular Hbond substituents is 2. The van der Waals surface area contributed by atoms with Gasteiger partial charge >= 0.3 is 0 Å². The van der Waals surface area contributed by atoms with E-state index in [0.717, 1.165) is 5.56 Å². The van der Waals surface area contributed by atoms with Gasteiger partial charge in [0.05, 0.1) is 4.47 Å². The van der Waals surface area contributed by atoms with Gasteiger partial charge in [-0.1, -0.05) is 20.8 Å². The van der Waals surface area contributed by atoms with Crippen LogP contribution in [0.3, 0.4) is 0 Å². The molecule has 22 heavy (non-hydrogen) atoms. The Labute approximate surface area is 146 Å². The average Bonchev–Trinajstić information content (AvgIpc) is 2.44. The van der Waals surface area contributed by atoms with Crippen molar-refractivity contribution < 1.29 is 20.4 Å². The highest BCUT2D eigenvalue weighted by atomic mass is 79.9. The van der Waals surface area contributed by atoms with Crippen LogP contribution in [0, 0.1) is 34.6 Å². The highest BCUT2D eigenvalue weighted by molar-refractivity contribution is 9.12. The lowest BCUT2D eigenvalue weighted by Crippen LogP contribution is -2.10. The van der Waals surface area contributed by atoms with Gasteiger partial charge in [0, 0.05) is 27.8 Å². The lowest BCUT2D eigenvalue weighted by atomic mass is 9.87. The van der Waals surface area contributed by atoms with Crippen molar-refractivity contribution in [3.63, 3.8) is 0 Å². The summed E-state index contributed by atoms with van der Waals surface area (Å²) in [6.07, 6.45) is 1.86. The van der Waals surface area contributed by atoms with Gasteiger partial charge in [-0.3, -0.25) is 4.89 Å². The topological polar surface area (TPSA) is 69.9 Å². The molecule has 4 nitrogen and oxygen atoms in total. The van der Waals surface area contributed by atoms with Crippen LogP contribution in [0.2, 0.25) is 0 Å². The molecule has 1 aromatic carbocycles. The Morgan fingerprint density at radius 1 is 1.05 bits per heavy atom. The van der Waals surface area contributed by atoms with Crippen LogP contribution in [0.4, 0.5) is 0 Å². The van der Waals surface area contributed by atoms with Crippen molar-refractivity contribution in [1.82, 2.24) is 0 Å². The number of rotatable bonds is 0. The maximum absolute atomic E-state index is 9.36. The van der Waals surface area contributed by atoms with Crippen LogP contribution < -0.4 is 0 Å². The molecule has 0 aliphatic heterocycles. The van der Waals surface area contributed by atoms with Crippen LogP contribution in [0.1, 0.15) is 26.3 Å². The Hall–Kier alpha value is -1.78. The van der Waals surface area contributed by atoms with Gasteiger partial charge < -0.3 is 10.2 Å². The van der Waals surface area contributed by atoms with Gasteiger partial charge in [0.15, 0.2) is 17.6 Å². The van der Waals surface area contributed by atoms with E-state index in [1.165, 1.54) is 0 Å². The van der Waals surface area contributed by atoms with Crippen molar-refractivity contribution in [2.24, 2.45) is 0 Å². The molecule has 0 aliphatic rings. The van der Waals surface area contributed by atoms with E-state index in [2.05, 4.69) is 65.3 Å². The fraction of sp³-hybridized carbons (Fsp3) is 0.250. The first-order valence-corrected chi connectivity index (χ1v) is 7.45. The summed E-state index contributed by atoms with van der Waals surface area (Å²) in [6, 6.07) is 3.40. The van der Waals surface area contributed by atoms with Crippen LogP contribution in [-0.2, 0) is 10.3 Å². The average molecular weight is 430 g/mol. The zero-order valence-electron chi connectivity index (χ0n) is 12.2. The van der Waals surface area contributed by atoms with Crippen molar-refractivity contribution in [2.45, 2.75) is 26.2 Å². The largest absolute Gasteiger partial charge is 0.504 e. The number of benzene rings is 1. The molecule has 0 fully saturated rings. The fourth-order valence-electron chi connectivity index (χ4n) is 1.15. The molecule has 0 unspecified atom stereocenters. The smallest absolute Gasteiger partial charge is 0.171 e. The molecule has 0 atom stereocenters. The van der Waals surface area contributed by atoms with E-state index in [0.29, 0.717) is 4.47 Å². The lowest BCUT2D eigenvalue weighted by molar-refractivity contribution is -0.171. The Morgan fingerprint density at radius 2 is 1.64 bits per heavy atom. The SMILES string of the molecule is CC(C)(C)c1cc(O)c(O)c(Br)c1.OOC#CC#CC#CBr. The maximum atomic E-state index is 9.36. The minimum absolute atomic E-state index is 0.0340. The summed E-state index contributed by atoms with van der Waals surface area (Å²) in [5.41, 5.74) is 0.947. The molecule has 0 saturated carbocycles. The van der Waals surface area contributed by atoms with E-state index in [9.17, 15) is 10.2 Å².